The fourth-order valence-corrected chi connectivity index (χ4v) is 2.43. The summed E-state index contributed by atoms with van der Waals surface area (Å²) in [5.74, 6) is 1.45. The maximum atomic E-state index is 5.56. The maximum absolute atomic E-state index is 5.56. The number of ether oxygens (including phenoxy) is 2. The van der Waals surface area contributed by atoms with Gasteiger partial charge in [-0.1, -0.05) is 5.16 Å². The number of nitrogens with one attached hydrogen (secondary N) is 1. The molecule has 0 saturated carbocycles. The van der Waals surface area contributed by atoms with Crippen LogP contribution in [0, 0.1) is 0 Å². The van der Waals surface area contributed by atoms with Crippen LogP contribution in [0.15, 0.2) is 33.5 Å². The summed E-state index contributed by atoms with van der Waals surface area (Å²) < 4.78 is 16.6. The monoisotopic (exact) mass is 340 g/mol. The zero-order valence-corrected chi connectivity index (χ0v) is 13.1. The Labute approximate surface area is 126 Å². The number of halogens is 1. The minimum atomic E-state index is 0.596. The molecule has 1 heterocycles. The lowest BCUT2D eigenvalue weighted by Crippen LogP contribution is -2.13. The number of methoxy groups -OCH3 is 1. The van der Waals surface area contributed by atoms with E-state index in [1.165, 1.54) is 0 Å². The van der Waals surface area contributed by atoms with E-state index < -0.39 is 0 Å². The third-order valence-corrected chi connectivity index (χ3v) is 3.29. The lowest BCUT2D eigenvalue weighted by Gasteiger charge is -2.13. The van der Waals surface area contributed by atoms with Gasteiger partial charge in [0.05, 0.1) is 23.9 Å². The molecular weight excluding hydrogens is 324 g/mol. The number of benzene rings is 1. The van der Waals surface area contributed by atoms with E-state index >= 15 is 0 Å². The number of rotatable bonds is 7. The molecule has 2 aromatic rings. The van der Waals surface area contributed by atoms with Gasteiger partial charge < -0.3 is 19.3 Å². The Balaban J connectivity index is 2.02. The summed E-state index contributed by atoms with van der Waals surface area (Å²) in [6.07, 6.45) is 1.56. The molecule has 0 atom stereocenters. The molecule has 0 fully saturated rings. The van der Waals surface area contributed by atoms with Gasteiger partial charge in [-0.25, -0.2) is 0 Å². The van der Waals surface area contributed by atoms with Crippen molar-refractivity contribution in [1.29, 1.82) is 0 Å². The smallest absolute Gasteiger partial charge is 0.175 e. The lowest BCUT2D eigenvalue weighted by atomic mass is 10.2. The molecule has 1 N–H and O–H groups in total. The first-order valence-corrected chi connectivity index (χ1v) is 7.13. The quantitative estimate of drug-likeness (QED) is 0.839. The van der Waals surface area contributed by atoms with Gasteiger partial charge in [0, 0.05) is 19.2 Å². The summed E-state index contributed by atoms with van der Waals surface area (Å²) in [7, 11) is 1.64. The minimum absolute atomic E-state index is 0.596. The van der Waals surface area contributed by atoms with E-state index in [9.17, 15) is 0 Å². The predicted molar refractivity (Wildman–Crippen MR) is 78.9 cm³/mol. The standard InChI is InChI=1S/C14H17BrN2O3/c1-3-19-14-12(15)6-10(7-13(14)18-2)8-16-9-11-4-5-20-17-11/h4-7,16H,3,8-9H2,1-2H3. The van der Waals surface area contributed by atoms with Crippen molar-refractivity contribution < 1.29 is 14.0 Å². The summed E-state index contributed by atoms with van der Waals surface area (Å²) >= 11 is 3.51. The first-order chi connectivity index (χ1) is 9.74. The number of nitrogens with zero attached hydrogens (tertiary/aromatic N) is 1. The Morgan fingerprint density at radius 1 is 1.35 bits per heavy atom. The van der Waals surface area contributed by atoms with Gasteiger partial charge in [0.25, 0.3) is 0 Å². The van der Waals surface area contributed by atoms with Crippen molar-refractivity contribution in [3.05, 3.63) is 40.2 Å². The van der Waals surface area contributed by atoms with Crippen LogP contribution in [-0.4, -0.2) is 18.9 Å². The molecule has 108 valence electrons. The molecule has 0 saturated heterocycles. The Hall–Kier alpha value is -1.53. The summed E-state index contributed by atoms with van der Waals surface area (Å²) in [5.41, 5.74) is 1.97. The normalized spacial score (nSPS) is 10.6. The van der Waals surface area contributed by atoms with Crippen LogP contribution in [0.5, 0.6) is 11.5 Å². The third kappa shape index (κ3) is 3.74. The van der Waals surface area contributed by atoms with Crippen LogP contribution >= 0.6 is 15.9 Å². The molecule has 0 unspecified atom stereocenters. The van der Waals surface area contributed by atoms with Crippen LogP contribution in [-0.2, 0) is 13.1 Å². The van der Waals surface area contributed by atoms with E-state index in [0.29, 0.717) is 19.7 Å². The van der Waals surface area contributed by atoms with Gasteiger partial charge in [-0.05, 0) is 40.5 Å². The van der Waals surface area contributed by atoms with E-state index in [1.807, 2.05) is 25.1 Å². The van der Waals surface area contributed by atoms with E-state index in [4.69, 9.17) is 14.0 Å². The summed E-state index contributed by atoms with van der Waals surface area (Å²) in [4.78, 5) is 0. The molecule has 0 amide bonds. The first kappa shape index (κ1) is 14.9. The van der Waals surface area contributed by atoms with Crippen LogP contribution < -0.4 is 14.8 Å². The van der Waals surface area contributed by atoms with Crippen LogP contribution in [0.25, 0.3) is 0 Å². The van der Waals surface area contributed by atoms with Gasteiger partial charge in [0.1, 0.15) is 6.26 Å². The Bertz CT molecular complexity index is 544. The fourth-order valence-electron chi connectivity index (χ4n) is 1.82. The molecule has 0 bridgehead atoms. The molecular formula is C14H17BrN2O3. The molecule has 20 heavy (non-hydrogen) atoms. The number of hydrogen-bond acceptors (Lipinski definition) is 5. The molecule has 6 heteroatoms. The number of aromatic nitrogens is 1. The molecule has 2 rings (SSSR count). The van der Waals surface area contributed by atoms with Crippen LogP contribution in [0.3, 0.4) is 0 Å². The average molecular weight is 341 g/mol. The number of hydrogen-bond donors (Lipinski definition) is 1. The van der Waals surface area contributed by atoms with Crippen molar-refractivity contribution in [2.24, 2.45) is 0 Å². The van der Waals surface area contributed by atoms with E-state index in [-0.39, 0.29) is 0 Å². The highest BCUT2D eigenvalue weighted by Gasteiger charge is 2.11. The topological polar surface area (TPSA) is 56.5 Å². The van der Waals surface area contributed by atoms with Crippen molar-refractivity contribution in [3.8, 4) is 11.5 Å². The van der Waals surface area contributed by atoms with Crippen molar-refractivity contribution in [1.82, 2.24) is 10.5 Å². The maximum Gasteiger partial charge on any atom is 0.175 e. The SMILES string of the molecule is CCOc1c(Br)cc(CNCc2ccon2)cc1OC. The van der Waals surface area contributed by atoms with Gasteiger partial charge in [-0.15, -0.1) is 0 Å². The Kier molecular flexibility index (Phi) is 5.43. The van der Waals surface area contributed by atoms with Gasteiger partial charge in [-0.2, -0.15) is 0 Å². The zero-order valence-electron chi connectivity index (χ0n) is 11.5. The second-order valence-corrected chi connectivity index (χ2v) is 4.99. The van der Waals surface area contributed by atoms with Gasteiger partial charge in [0.2, 0.25) is 0 Å². The Morgan fingerprint density at radius 2 is 2.20 bits per heavy atom. The van der Waals surface area contributed by atoms with Crippen molar-refractivity contribution in [2.45, 2.75) is 20.0 Å². The van der Waals surface area contributed by atoms with Crippen LogP contribution in [0.4, 0.5) is 0 Å². The Morgan fingerprint density at radius 3 is 2.85 bits per heavy atom. The van der Waals surface area contributed by atoms with E-state index in [1.54, 1.807) is 13.4 Å². The van der Waals surface area contributed by atoms with Crippen molar-refractivity contribution in [2.75, 3.05) is 13.7 Å². The highest BCUT2D eigenvalue weighted by atomic mass is 79.9. The second-order valence-electron chi connectivity index (χ2n) is 4.14. The van der Waals surface area contributed by atoms with Gasteiger partial charge in [-0.3, -0.25) is 0 Å². The van der Waals surface area contributed by atoms with Crippen LogP contribution in [0.1, 0.15) is 18.2 Å². The molecule has 0 aliphatic carbocycles. The van der Waals surface area contributed by atoms with Crippen LogP contribution in [0.2, 0.25) is 0 Å². The summed E-state index contributed by atoms with van der Waals surface area (Å²) in [6.45, 7) is 3.90. The molecule has 0 spiro atoms. The van der Waals surface area contributed by atoms with Crippen molar-refractivity contribution >= 4 is 15.9 Å². The molecule has 1 aromatic carbocycles. The van der Waals surface area contributed by atoms with E-state index in [0.717, 1.165) is 27.2 Å². The van der Waals surface area contributed by atoms with E-state index in [2.05, 4.69) is 26.4 Å². The predicted octanol–water partition coefficient (Wildman–Crippen LogP) is 3.13. The van der Waals surface area contributed by atoms with Crippen molar-refractivity contribution in [3.63, 3.8) is 0 Å². The molecule has 0 aliphatic rings. The first-order valence-electron chi connectivity index (χ1n) is 6.33. The molecule has 0 aliphatic heterocycles. The largest absolute Gasteiger partial charge is 0.493 e. The fraction of sp³-hybridized carbons (Fsp3) is 0.357. The summed E-state index contributed by atoms with van der Waals surface area (Å²) in [5, 5.41) is 7.14. The van der Waals surface area contributed by atoms with Gasteiger partial charge in [0.15, 0.2) is 11.5 Å². The highest BCUT2D eigenvalue weighted by molar-refractivity contribution is 9.10. The summed E-state index contributed by atoms with van der Waals surface area (Å²) in [6, 6.07) is 5.82. The molecule has 5 nitrogen and oxygen atoms in total. The third-order valence-electron chi connectivity index (χ3n) is 2.70. The lowest BCUT2D eigenvalue weighted by molar-refractivity contribution is 0.308. The zero-order chi connectivity index (χ0) is 14.4. The second kappa shape index (κ2) is 7.31. The minimum Gasteiger partial charge on any atom is -0.493 e. The molecule has 0 radical (unpaired) electrons. The van der Waals surface area contributed by atoms with Gasteiger partial charge >= 0.3 is 0 Å². The average Bonchev–Trinajstić information content (AvgIpc) is 2.94. The highest BCUT2D eigenvalue weighted by Crippen LogP contribution is 2.36. The molecule has 1 aromatic heterocycles.